The van der Waals surface area contributed by atoms with Crippen LogP contribution in [0.15, 0.2) is 115 Å². The van der Waals surface area contributed by atoms with Gasteiger partial charge in [0.15, 0.2) is 0 Å². The summed E-state index contributed by atoms with van der Waals surface area (Å²) in [4.78, 5) is 0. The first-order valence-corrected chi connectivity index (χ1v) is 13.1. The zero-order valence-electron chi connectivity index (χ0n) is 16.2. The van der Waals surface area contributed by atoms with Crippen molar-refractivity contribution in [2.75, 3.05) is 0 Å². The van der Waals surface area contributed by atoms with Gasteiger partial charge in [0.25, 0.3) is 0 Å². The van der Waals surface area contributed by atoms with Crippen molar-refractivity contribution in [3.63, 3.8) is 0 Å². The number of benzene rings is 4. The van der Waals surface area contributed by atoms with E-state index in [-0.39, 0.29) is 6.61 Å². The van der Waals surface area contributed by atoms with Crippen molar-refractivity contribution in [1.29, 1.82) is 0 Å². The standard InChI is InChI=1S/C26H24ClOP/c27-29(24-13-4-1-5-14-24,25-15-6-2-7-16-25,26-17-8-3-9-18-26)21-23-12-10-11-22(19-23)20-28/h1-19,28H,20-21H2. The van der Waals surface area contributed by atoms with E-state index >= 15 is 0 Å². The van der Waals surface area contributed by atoms with Crippen LogP contribution in [0.1, 0.15) is 11.1 Å². The molecule has 29 heavy (non-hydrogen) atoms. The number of aliphatic hydroxyl groups excluding tert-OH is 1. The molecule has 0 atom stereocenters. The molecule has 1 N–H and O–H groups in total. The molecule has 0 aromatic heterocycles. The molecule has 0 unspecified atom stereocenters. The first-order chi connectivity index (χ1) is 14.1. The second-order valence-corrected chi connectivity index (χ2v) is 13.8. The van der Waals surface area contributed by atoms with Crippen LogP contribution in [0.25, 0.3) is 0 Å². The van der Waals surface area contributed by atoms with E-state index in [0.29, 0.717) is 6.16 Å². The van der Waals surface area contributed by atoms with Crippen molar-refractivity contribution >= 4 is 33.1 Å². The van der Waals surface area contributed by atoms with Gasteiger partial charge in [-0.25, -0.2) is 0 Å². The molecule has 0 bridgehead atoms. The summed E-state index contributed by atoms with van der Waals surface area (Å²) < 4.78 is 0. The van der Waals surface area contributed by atoms with Gasteiger partial charge in [-0.15, -0.1) is 0 Å². The predicted molar refractivity (Wildman–Crippen MR) is 127 cm³/mol. The van der Waals surface area contributed by atoms with Crippen molar-refractivity contribution in [1.82, 2.24) is 0 Å². The maximum absolute atomic E-state index is 9.65. The molecule has 0 fully saturated rings. The van der Waals surface area contributed by atoms with Gasteiger partial charge in [-0.2, -0.15) is 0 Å². The van der Waals surface area contributed by atoms with Crippen LogP contribution in [-0.4, -0.2) is 5.11 Å². The Kier molecular flexibility index (Phi) is 5.56. The Balaban J connectivity index is 2.06. The van der Waals surface area contributed by atoms with Gasteiger partial charge in [0.05, 0.1) is 0 Å². The Bertz CT molecular complexity index is 982. The second-order valence-electron chi connectivity index (χ2n) is 7.33. The monoisotopic (exact) mass is 418 g/mol. The summed E-state index contributed by atoms with van der Waals surface area (Å²) in [5.74, 6) is -3.33. The summed E-state index contributed by atoms with van der Waals surface area (Å²) in [5.41, 5.74) is 2.03. The molecule has 146 valence electrons. The summed E-state index contributed by atoms with van der Waals surface area (Å²) in [6.45, 7) is 0.0219. The molecule has 0 aliphatic carbocycles. The number of rotatable bonds is 6. The molecule has 4 rings (SSSR count). The van der Waals surface area contributed by atoms with Gasteiger partial charge in [-0.1, -0.05) is 0 Å². The summed E-state index contributed by atoms with van der Waals surface area (Å²) in [5, 5.41) is 13.1. The summed E-state index contributed by atoms with van der Waals surface area (Å²) >= 11 is 8.07. The molecule has 0 aliphatic heterocycles. The van der Waals surface area contributed by atoms with E-state index in [9.17, 15) is 5.11 Å². The zero-order valence-corrected chi connectivity index (χ0v) is 17.8. The van der Waals surface area contributed by atoms with E-state index in [2.05, 4.69) is 84.9 Å². The molecule has 0 radical (unpaired) electrons. The quantitative estimate of drug-likeness (QED) is 0.418. The first-order valence-electron chi connectivity index (χ1n) is 9.73. The molecule has 3 heteroatoms. The van der Waals surface area contributed by atoms with Gasteiger partial charge in [0.1, 0.15) is 0 Å². The number of aliphatic hydroxyl groups is 1. The summed E-state index contributed by atoms with van der Waals surface area (Å²) in [6, 6.07) is 39.5. The Hall–Kier alpha value is -2.44. The molecule has 4 aromatic carbocycles. The maximum atomic E-state index is 9.65. The van der Waals surface area contributed by atoms with E-state index in [1.807, 2.05) is 30.3 Å². The molecule has 0 saturated carbocycles. The average Bonchev–Trinajstić information content (AvgIpc) is 2.81. The van der Waals surface area contributed by atoms with E-state index < -0.39 is 5.96 Å². The van der Waals surface area contributed by atoms with Crippen LogP contribution < -0.4 is 15.9 Å². The minimum absolute atomic E-state index is 0.0219. The van der Waals surface area contributed by atoms with Crippen LogP contribution >= 0.6 is 17.2 Å². The molecule has 0 amide bonds. The van der Waals surface area contributed by atoms with E-state index in [0.717, 1.165) is 27.0 Å². The van der Waals surface area contributed by atoms with Crippen LogP contribution in [0.5, 0.6) is 0 Å². The van der Waals surface area contributed by atoms with Gasteiger partial charge < -0.3 is 0 Å². The molecular weight excluding hydrogens is 395 g/mol. The summed E-state index contributed by atoms with van der Waals surface area (Å²) in [6.07, 6.45) is 0.680. The first kappa shape index (κ1) is 19.9. The zero-order chi connectivity index (χ0) is 20.2. The molecule has 0 heterocycles. The molecule has 4 aromatic rings. The molecule has 0 spiro atoms. The number of hydrogen-bond donors (Lipinski definition) is 1. The van der Waals surface area contributed by atoms with Crippen LogP contribution in [-0.2, 0) is 12.8 Å². The predicted octanol–water partition coefficient (Wildman–Crippen LogP) is 5.36. The third kappa shape index (κ3) is 3.51. The fraction of sp³-hybridized carbons (Fsp3) is 0.0769. The second kappa shape index (κ2) is 8.13. The van der Waals surface area contributed by atoms with Crippen molar-refractivity contribution in [2.24, 2.45) is 0 Å². The topological polar surface area (TPSA) is 20.2 Å². The van der Waals surface area contributed by atoms with Crippen molar-refractivity contribution in [2.45, 2.75) is 12.8 Å². The minimum atomic E-state index is -3.33. The summed E-state index contributed by atoms with van der Waals surface area (Å²) in [7, 11) is 0. The van der Waals surface area contributed by atoms with Crippen LogP contribution in [0.4, 0.5) is 0 Å². The van der Waals surface area contributed by atoms with E-state index in [4.69, 9.17) is 11.2 Å². The van der Waals surface area contributed by atoms with Crippen LogP contribution in [0.2, 0.25) is 0 Å². The van der Waals surface area contributed by atoms with Gasteiger partial charge in [-0.05, 0) is 0 Å². The Morgan fingerprint density at radius 3 is 1.38 bits per heavy atom. The van der Waals surface area contributed by atoms with Crippen LogP contribution in [0.3, 0.4) is 0 Å². The normalized spacial score (nSPS) is 12.8. The molecular formula is C26H24ClOP. The fourth-order valence-corrected chi connectivity index (χ4v) is 10.2. The SMILES string of the molecule is OCc1cccc(CP(Cl)(c2ccccc2)(c2ccccc2)c2ccccc2)c1. The van der Waals surface area contributed by atoms with Gasteiger partial charge in [0.2, 0.25) is 0 Å². The Morgan fingerprint density at radius 2 is 0.966 bits per heavy atom. The van der Waals surface area contributed by atoms with Gasteiger partial charge in [-0.3, -0.25) is 0 Å². The van der Waals surface area contributed by atoms with E-state index in [1.54, 1.807) is 0 Å². The van der Waals surface area contributed by atoms with Gasteiger partial charge in [0, 0.05) is 0 Å². The Morgan fingerprint density at radius 1 is 0.552 bits per heavy atom. The van der Waals surface area contributed by atoms with Crippen molar-refractivity contribution in [3.8, 4) is 0 Å². The fourth-order valence-electron chi connectivity index (χ4n) is 4.11. The molecule has 0 saturated heterocycles. The van der Waals surface area contributed by atoms with Crippen molar-refractivity contribution < 1.29 is 5.11 Å². The van der Waals surface area contributed by atoms with Crippen molar-refractivity contribution in [3.05, 3.63) is 126 Å². The number of hydrogen-bond acceptors (Lipinski definition) is 1. The van der Waals surface area contributed by atoms with E-state index in [1.165, 1.54) is 0 Å². The van der Waals surface area contributed by atoms with Crippen LogP contribution in [0, 0.1) is 0 Å². The number of halogens is 1. The third-order valence-electron chi connectivity index (χ3n) is 5.54. The third-order valence-corrected chi connectivity index (χ3v) is 12.7. The molecule has 1 nitrogen and oxygen atoms in total. The van der Waals surface area contributed by atoms with Gasteiger partial charge >= 0.3 is 177 Å². The average molecular weight is 419 g/mol. The molecule has 0 aliphatic rings. The Labute approximate surface area is 177 Å².